The Morgan fingerprint density at radius 2 is 1.73 bits per heavy atom. The third-order valence-corrected chi connectivity index (χ3v) is 6.81. The molecule has 4 rings (SSSR count). The Labute approximate surface area is 162 Å². The van der Waals surface area contributed by atoms with Crippen molar-refractivity contribution in [2.24, 2.45) is 5.92 Å². The molecular weight excluding hydrogens is 391 g/mol. The number of benzene rings is 2. The average Bonchev–Trinajstić information content (AvgIpc) is 3.36. The Morgan fingerprint density at radius 1 is 1.04 bits per heavy atom. The molecule has 3 aromatic rings. The van der Waals surface area contributed by atoms with Crippen LogP contribution in [0.2, 0.25) is 10.0 Å². The number of rotatable bonds is 6. The second kappa shape index (κ2) is 6.89. The second-order valence-electron chi connectivity index (χ2n) is 6.64. The molecule has 0 radical (unpaired) electrons. The van der Waals surface area contributed by atoms with Crippen molar-refractivity contribution in [2.75, 3.05) is 6.54 Å². The third kappa shape index (κ3) is 3.49. The first-order valence-corrected chi connectivity index (χ1v) is 10.7. The number of hydrogen-bond donors (Lipinski definition) is 1. The number of hydrogen-bond acceptors (Lipinski definition) is 3. The van der Waals surface area contributed by atoms with E-state index < -0.39 is 10.0 Å². The van der Waals surface area contributed by atoms with Crippen molar-refractivity contribution in [3.8, 4) is 0 Å². The lowest BCUT2D eigenvalue weighted by molar-refractivity contribution is 0.588. The molecule has 136 valence electrons. The predicted molar refractivity (Wildman–Crippen MR) is 105 cm³/mol. The lowest BCUT2D eigenvalue weighted by Gasteiger charge is -2.07. The molecule has 1 heterocycles. The summed E-state index contributed by atoms with van der Waals surface area (Å²) < 4.78 is 27.6. The van der Waals surface area contributed by atoms with E-state index in [4.69, 9.17) is 23.2 Å². The Morgan fingerprint density at radius 3 is 2.42 bits per heavy atom. The van der Waals surface area contributed by atoms with Gasteiger partial charge in [-0.25, -0.2) is 12.4 Å². The Kier molecular flexibility index (Phi) is 4.73. The van der Waals surface area contributed by atoms with Crippen molar-refractivity contribution in [3.63, 3.8) is 0 Å². The Bertz CT molecular complexity index is 1060. The van der Waals surface area contributed by atoms with Gasteiger partial charge in [0, 0.05) is 28.2 Å². The first kappa shape index (κ1) is 17.9. The molecule has 4 nitrogen and oxygen atoms in total. The maximum absolute atomic E-state index is 13.1. The summed E-state index contributed by atoms with van der Waals surface area (Å²) in [5.74, 6) is 0.754. The number of fused-ring (bicyclic) bond motifs is 1. The van der Waals surface area contributed by atoms with Gasteiger partial charge in [-0.05, 0) is 73.3 Å². The van der Waals surface area contributed by atoms with Gasteiger partial charge in [-0.2, -0.15) is 0 Å². The van der Waals surface area contributed by atoms with Gasteiger partial charge < -0.3 is 5.32 Å². The highest BCUT2D eigenvalue weighted by Crippen LogP contribution is 2.30. The van der Waals surface area contributed by atoms with E-state index in [1.54, 1.807) is 30.5 Å². The summed E-state index contributed by atoms with van der Waals surface area (Å²) in [6, 6.07) is 11.5. The zero-order chi connectivity index (χ0) is 18.3. The molecule has 0 spiro atoms. The zero-order valence-corrected chi connectivity index (χ0v) is 16.3. The largest absolute Gasteiger partial charge is 0.312 e. The van der Waals surface area contributed by atoms with E-state index in [1.807, 2.05) is 6.07 Å². The molecule has 1 aliphatic carbocycles. The van der Waals surface area contributed by atoms with Gasteiger partial charge in [0.25, 0.3) is 10.0 Å². The molecule has 1 aromatic heterocycles. The number of nitrogens with one attached hydrogen (secondary N) is 1. The van der Waals surface area contributed by atoms with Crippen LogP contribution >= 0.6 is 23.2 Å². The van der Waals surface area contributed by atoms with Crippen LogP contribution < -0.4 is 5.32 Å². The van der Waals surface area contributed by atoms with E-state index in [2.05, 4.69) is 5.32 Å². The number of aromatic nitrogens is 1. The van der Waals surface area contributed by atoms with Gasteiger partial charge in [0.2, 0.25) is 0 Å². The van der Waals surface area contributed by atoms with Crippen LogP contribution in [-0.2, 0) is 16.6 Å². The van der Waals surface area contributed by atoms with Crippen LogP contribution in [-0.4, -0.2) is 18.9 Å². The molecule has 1 N–H and O–H groups in total. The van der Waals surface area contributed by atoms with Crippen molar-refractivity contribution >= 4 is 44.1 Å². The van der Waals surface area contributed by atoms with E-state index in [0.29, 0.717) is 22.1 Å². The van der Waals surface area contributed by atoms with Crippen molar-refractivity contribution in [1.29, 1.82) is 0 Å². The van der Waals surface area contributed by atoms with Gasteiger partial charge in [-0.3, -0.25) is 0 Å². The summed E-state index contributed by atoms with van der Waals surface area (Å²) in [6.07, 6.45) is 4.22. The van der Waals surface area contributed by atoms with Crippen LogP contribution in [0.25, 0.3) is 10.9 Å². The molecule has 2 aromatic carbocycles. The molecular formula is C19H18Cl2N2O2S. The van der Waals surface area contributed by atoms with Crippen LogP contribution in [0, 0.1) is 5.92 Å². The minimum atomic E-state index is -3.72. The normalized spacial score (nSPS) is 14.8. The molecule has 0 aliphatic heterocycles. The SMILES string of the molecule is O=S(=O)(c1ccc(Cl)cc1)n1cc(CNCC2CC2)c2cc(Cl)ccc21. The lowest BCUT2D eigenvalue weighted by atomic mass is 10.2. The van der Waals surface area contributed by atoms with Gasteiger partial charge in [-0.15, -0.1) is 0 Å². The molecule has 0 unspecified atom stereocenters. The quantitative estimate of drug-likeness (QED) is 0.643. The van der Waals surface area contributed by atoms with Gasteiger partial charge in [0.1, 0.15) is 0 Å². The molecule has 26 heavy (non-hydrogen) atoms. The third-order valence-electron chi connectivity index (χ3n) is 4.63. The summed E-state index contributed by atoms with van der Waals surface area (Å²) in [5, 5.41) is 5.35. The maximum Gasteiger partial charge on any atom is 0.268 e. The van der Waals surface area contributed by atoms with Gasteiger partial charge >= 0.3 is 0 Å². The first-order valence-electron chi connectivity index (χ1n) is 8.46. The summed E-state index contributed by atoms with van der Waals surface area (Å²) >= 11 is 12.0. The molecule has 0 atom stereocenters. The molecule has 1 fully saturated rings. The van der Waals surface area contributed by atoms with E-state index in [-0.39, 0.29) is 4.90 Å². The standard InChI is InChI=1S/C19H18Cl2N2O2S/c20-15-3-6-17(7-4-15)26(24,25)23-12-14(11-22-10-13-1-2-13)18-9-16(21)5-8-19(18)23/h3-9,12-13,22H,1-2,10-11H2. The highest BCUT2D eigenvalue weighted by Gasteiger charge is 2.23. The molecule has 1 aliphatic rings. The van der Waals surface area contributed by atoms with Gasteiger partial charge in [0.05, 0.1) is 10.4 Å². The van der Waals surface area contributed by atoms with E-state index in [1.165, 1.54) is 28.9 Å². The van der Waals surface area contributed by atoms with Crippen LogP contribution in [0.3, 0.4) is 0 Å². The minimum absolute atomic E-state index is 0.200. The molecule has 1 saturated carbocycles. The fourth-order valence-corrected chi connectivity index (χ4v) is 4.72. The second-order valence-corrected chi connectivity index (χ2v) is 9.33. The monoisotopic (exact) mass is 408 g/mol. The molecule has 0 amide bonds. The van der Waals surface area contributed by atoms with E-state index >= 15 is 0 Å². The van der Waals surface area contributed by atoms with Crippen LogP contribution in [0.1, 0.15) is 18.4 Å². The van der Waals surface area contributed by atoms with Crippen molar-refractivity contribution in [3.05, 3.63) is 64.3 Å². The van der Waals surface area contributed by atoms with Crippen molar-refractivity contribution in [1.82, 2.24) is 9.29 Å². The lowest BCUT2D eigenvalue weighted by Crippen LogP contribution is -2.16. The molecule has 0 bridgehead atoms. The van der Waals surface area contributed by atoms with Gasteiger partial charge in [0.15, 0.2) is 0 Å². The summed E-state index contributed by atoms with van der Waals surface area (Å²) in [7, 11) is -3.72. The highest BCUT2D eigenvalue weighted by atomic mass is 35.5. The smallest absolute Gasteiger partial charge is 0.268 e. The number of halogens is 2. The van der Waals surface area contributed by atoms with E-state index in [9.17, 15) is 8.42 Å². The predicted octanol–water partition coefficient (Wildman–Crippen LogP) is 4.68. The van der Waals surface area contributed by atoms with Crippen molar-refractivity contribution in [2.45, 2.75) is 24.3 Å². The summed E-state index contributed by atoms with van der Waals surface area (Å²) in [4.78, 5) is 0.200. The van der Waals surface area contributed by atoms with E-state index in [0.717, 1.165) is 23.4 Å². The summed E-state index contributed by atoms with van der Waals surface area (Å²) in [6.45, 7) is 1.56. The highest BCUT2D eigenvalue weighted by molar-refractivity contribution is 7.90. The Hall–Kier alpha value is -1.53. The zero-order valence-electron chi connectivity index (χ0n) is 14.0. The summed E-state index contributed by atoms with van der Waals surface area (Å²) in [5.41, 5.74) is 1.54. The van der Waals surface area contributed by atoms with Crippen LogP contribution in [0.4, 0.5) is 0 Å². The van der Waals surface area contributed by atoms with Gasteiger partial charge in [-0.1, -0.05) is 23.2 Å². The molecule has 0 saturated heterocycles. The van der Waals surface area contributed by atoms with Crippen LogP contribution in [0.5, 0.6) is 0 Å². The van der Waals surface area contributed by atoms with Crippen molar-refractivity contribution < 1.29 is 8.42 Å². The fraction of sp³-hybridized carbons (Fsp3) is 0.263. The first-order chi connectivity index (χ1) is 12.4. The Balaban J connectivity index is 1.77. The topological polar surface area (TPSA) is 51.1 Å². The average molecular weight is 409 g/mol. The fourth-order valence-electron chi connectivity index (χ4n) is 3.03. The maximum atomic E-state index is 13.1. The van der Waals surface area contributed by atoms with Crippen LogP contribution in [0.15, 0.2) is 53.6 Å². The molecule has 7 heteroatoms. The number of nitrogens with zero attached hydrogens (tertiary/aromatic N) is 1. The minimum Gasteiger partial charge on any atom is -0.312 e.